The molecule has 0 bridgehead atoms. The first-order valence-corrected chi connectivity index (χ1v) is 6.41. The van der Waals surface area contributed by atoms with Crippen molar-refractivity contribution in [3.05, 3.63) is 34.6 Å². The first-order chi connectivity index (χ1) is 8.59. The van der Waals surface area contributed by atoms with Gasteiger partial charge in [-0.15, -0.1) is 0 Å². The number of carbonyl (C=O) groups is 1. The molecule has 5 heteroatoms. The highest BCUT2D eigenvalue weighted by Gasteiger charge is 2.28. The van der Waals surface area contributed by atoms with Crippen molar-refractivity contribution in [1.29, 1.82) is 0 Å². The second-order valence-electron chi connectivity index (χ2n) is 4.63. The van der Waals surface area contributed by atoms with E-state index in [0.29, 0.717) is 11.5 Å². The molecule has 0 spiro atoms. The minimum absolute atomic E-state index is 0.0779. The molecule has 1 heterocycles. The van der Waals surface area contributed by atoms with Crippen molar-refractivity contribution in [3.63, 3.8) is 0 Å². The van der Waals surface area contributed by atoms with Crippen molar-refractivity contribution in [2.24, 2.45) is 5.92 Å². The molecule has 0 aliphatic carbocycles. The van der Waals surface area contributed by atoms with Gasteiger partial charge >= 0.3 is 0 Å². The Balaban J connectivity index is 1.95. The first kappa shape index (κ1) is 13.3. The van der Waals surface area contributed by atoms with E-state index in [4.69, 9.17) is 11.6 Å². The Bertz CT molecular complexity index is 453. The number of benzene rings is 1. The summed E-state index contributed by atoms with van der Waals surface area (Å²) in [5, 5.41) is 5.95. The largest absolute Gasteiger partial charge is 0.351 e. The van der Waals surface area contributed by atoms with Crippen LogP contribution < -0.4 is 10.6 Å². The molecule has 0 radical (unpaired) electrons. The van der Waals surface area contributed by atoms with Gasteiger partial charge in [-0.25, -0.2) is 4.39 Å². The maximum absolute atomic E-state index is 13.6. The number of rotatable bonds is 3. The van der Waals surface area contributed by atoms with E-state index < -0.39 is 5.82 Å². The minimum atomic E-state index is -0.466. The minimum Gasteiger partial charge on any atom is -0.351 e. The lowest BCUT2D eigenvalue weighted by Gasteiger charge is -2.15. The molecule has 1 saturated heterocycles. The van der Waals surface area contributed by atoms with E-state index in [1.54, 1.807) is 12.1 Å². The van der Waals surface area contributed by atoms with Crippen LogP contribution in [0.2, 0.25) is 5.02 Å². The van der Waals surface area contributed by atoms with Gasteiger partial charge in [-0.05, 0) is 24.9 Å². The van der Waals surface area contributed by atoms with Crippen LogP contribution in [-0.4, -0.2) is 18.5 Å². The van der Waals surface area contributed by atoms with Crippen LogP contribution in [-0.2, 0) is 11.3 Å². The average Bonchev–Trinajstić information content (AvgIpc) is 2.77. The summed E-state index contributed by atoms with van der Waals surface area (Å²) < 4.78 is 13.6. The fourth-order valence-electron chi connectivity index (χ4n) is 2.16. The van der Waals surface area contributed by atoms with Gasteiger partial charge in [0, 0.05) is 12.1 Å². The van der Waals surface area contributed by atoms with E-state index in [1.807, 2.05) is 6.92 Å². The van der Waals surface area contributed by atoms with Crippen LogP contribution in [0.5, 0.6) is 0 Å². The van der Waals surface area contributed by atoms with Crippen molar-refractivity contribution in [2.75, 3.05) is 6.54 Å². The quantitative estimate of drug-likeness (QED) is 0.883. The second-order valence-corrected chi connectivity index (χ2v) is 5.04. The number of nitrogens with one attached hydrogen (secondary N) is 2. The summed E-state index contributed by atoms with van der Waals surface area (Å²) in [5.41, 5.74) is 0.404. The maximum atomic E-state index is 13.6. The number of hydrogen-bond acceptors (Lipinski definition) is 2. The van der Waals surface area contributed by atoms with Crippen LogP contribution in [0.25, 0.3) is 0 Å². The van der Waals surface area contributed by atoms with Crippen LogP contribution >= 0.6 is 11.6 Å². The number of carbonyl (C=O) groups excluding carboxylic acids is 1. The normalized spacial score (nSPS) is 23.1. The van der Waals surface area contributed by atoms with Crippen molar-refractivity contribution in [2.45, 2.75) is 25.9 Å². The summed E-state index contributed by atoms with van der Waals surface area (Å²) in [6.07, 6.45) is 0.990. The smallest absolute Gasteiger partial charge is 0.237 e. The molecular formula is C13H16ClFN2O. The molecular weight excluding hydrogens is 255 g/mol. The summed E-state index contributed by atoms with van der Waals surface area (Å²) in [7, 11) is 0. The zero-order valence-corrected chi connectivity index (χ0v) is 10.9. The summed E-state index contributed by atoms with van der Waals surface area (Å²) in [5.74, 6) is -0.236. The standard InChI is InChI=1S/C13H16ClFN2O/c1-8-5-6-16-12(8)13(18)17-7-9-3-2-4-10(14)11(9)15/h2-4,8,12,16H,5-7H2,1H3,(H,17,18)/t8-,12+/m1/s1. The molecule has 0 unspecified atom stereocenters. The SMILES string of the molecule is C[C@@H]1CCN[C@@H]1C(=O)NCc1cccc(Cl)c1F. The lowest BCUT2D eigenvalue weighted by molar-refractivity contribution is -0.123. The van der Waals surface area contributed by atoms with E-state index >= 15 is 0 Å². The number of hydrogen-bond donors (Lipinski definition) is 2. The van der Waals surface area contributed by atoms with Gasteiger partial charge in [-0.1, -0.05) is 30.7 Å². The molecule has 98 valence electrons. The highest BCUT2D eigenvalue weighted by molar-refractivity contribution is 6.30. The molecule has 3 nitrogen and oxygen atoms in total. The molecule has 2 atom stereocenters. The fraction of sp³-hybridized carbons (Fsp3) is 0.462. The molecule has 1 aliphatic rings. The average molecular weight is 271 g/mol. The Hall–Kier alpha value is -1.13. The molecule has 2 rings (SSSR count). The Morgan fingerprint density at radius 3 is 3.06 bits per heavy atom. The van der Waals surface area contributed by atoms with Gasteiger partial charge in [0.05, 0.1) is 11.1 Å². The van der Waals surface area contributed by atoms with Gasteiger partial charge in [-0.2, -0.15) is 0 Å². The Morgan fingerprint density at radius 1 is 1.61 bits per heavy atom. The van der Waals surface area contributed by atoms with Gasteiger partial charge < -0.3 is 10.6 Å². The van der Waals surface area contributed by atoms with Gasteiger partial charge in [0.2, 0.25) is 5.91 Å². The van der Waals surface area contributed by atoms with Crippen LogP contribution in [0.4, 0.5) is 4.39 Å². The Labute approximate surface area is 111 Å². The fourth-order valence-corrected chi connectivity index (χ4v) is 2.36. The molecule has 1 aliphatic heterocycles. The number of amides is 1. The predicted molar refractivity (Wildman–Crippen MR) is 68.8 cm³/mol. The lowest BCUT2D eigenvalue weighted by atomic mass is 10.0. The lowest BCUT2D eigenvalue weighted by Crippen LogP contribution is -2.43. The zero-order chi connectivity index (χ0) is 13.1. The third-order valence-electron chi connectivity index (χ3n) is 3.30. The molecule has 1 amide bonds. The predicted octanol–water partition coefficient (Wildman–Crippen LogP) is 2.09. The van der Waals surface area contributed by atoms with E-state index in [9.17, 15) is 9.18 Å². The van der Waals surface area contributed by atoms with Crippen LogP contribution in [0.15, 0.2) is 18.2 Å². The van der Waals surface area contributed by atoms with Gasteiger partial charge in [-0.3, -0.25) is 4.79 Å². The van der Waals surface area contributed by atoms with Crippen molar-refractivity contribution in [1.82, 2.24) is 10.6 Å². The van der Waals surface area contributed by atoms with Crippen LogP contribution in [0.1, 0.15) is 18.9 Å². The number of halogens is 2. The first-order valence-electron chi connectivity index (χ1n) is 6.03. The van der Waals surface area contributed by atoms with Crippen LogP contribution in [0.3, 0.4) is 0 Å². The third-order valence-corrected chi connectivity index (χ3v) is 3.59. The summed E-state index contributed by atoms with van der Waals surface area (Å²) in [4.78, 5) is 11.9. The highest BCUT2D eigenvalue weighted by Crippen LogP contribution is 2.18. The van der Waals surface area contributed by atoms with Crippen LogP contribution in [0, 0.1) is 11.7 Å². The summed E-state index contributed by atoms with van der Waals surface area (Å²) >= 11 is 5.68. The Kier molecular flexibility index (Phi) is 4.19. The van der Waals surface area contributed by atoms with E-state index in [2.05, 4.69) is 10.6 Å². The van der Waals surface area contributed by atoms with Gasteiger partial charge in [0.15, 0.2) is 0 Å². The highest BCUT2D eigenvalue weighted by atomic mass is 35.5. The molecule has 0 saturated carbocycles. The van der Waals surface area contributed by atoms with E-state index in [0.717, 1.165) is 13.0 Å². The molecule has 1 aromatic carbocycles. The van der Waals surface area contributed by atoms with E-state index in [1.165, 1.54) is 6.07 Å². The monoisotopic (exact) mass is 270 g/mol. The molecule has 18 heavy (non-hydrogen) atoms. The van der Waals surface area contributed by atoms with Gasteiger partial charge in [0.25, 0.3) is 0 Å². The van der Waals surface area contributed by atoms with Crippen molar-refractivity contribution >= 4 is 17.5 Å². The summed E-state index contributed by atoms with van der Waals surface area (Å²) in [6.45, 7) is 3.05. The zero-order valence-electron chi connectivity index (χ0n) is 10.2. The van der Waals surface area contributed by atoms with E-state index in [-0.39, 0.29) is 23.5 Å². The maximum Gasteiger partial charge on any atom is 0.237 e. The topological polar surface area (TPSA) is 41.1 Å². The Morgan fingerprint density at radius 2 is 2.39 bits per heavy atom. The second kappa shape index (κ2) is 5.67. The summed E-state index contributed by atoms with van der Waals surface area (Å²) in [6, 6.07) is 4.60. The third kappa shape index (κ3) is 2.82. The molecule has 0 aromatic heterocycles. The van der Waals surface area contributed by atoms with Gasteiger partial charge in [0.1, 0.15) is 5.82 Å². The molecule has 1 aromatic rings. The van der Waals surface area contributed by atoms with Crippen molar-refractivity contribution < 1.29 is 9.18 Å². The van der Waals surface area contributed by atoms with Crippen molar-refractivity contribution in [3.8, 4) is 0 Å². The molecule has 1 fully saturated rings. The molecule has 2 N–H and O–H groups in total.